The van der Waals surface area contributed by atoms with Crippen molar-refractivity contribution in [3.05, 3.63) is 81.6 Å². The van der Waals surface area contributed by atoms with Gasteiger partial charge in [0.05, 0.1) is 45.2 Å². The molecule has 0 N–H and O–H groups in total. The maximum absolute atomic E-state index is 13.9. The molecule has 0 fully saturated rings. The first kappa shape index (κ1) is 27.0. The van der Waals surface area contributed by atoms with Crippen molar-refractivity contribution in [2.45, 2.75) is 4.90 Å². The minimum absolute atomic E-state index is 0.0318. The molecule has 0 saturated carbocycles. The molecular formula is C18H6Cl9O3PS. The molecule has 3 aromatic rings. The van der Waals surface area contributed by atoms with Gasteiger partial charge in [0.2, 0.25) is 0 Å². The quantitative estimate of drug-likeness (QED) is 0.196. The van der Waals surface area contributed by atoms with Crippen molar-refractivity contribution in [2.24, 2.45) is 0 Å². The summed E-state index contributed by atoms with van der Waals surface area (Å²) in [6.07, 6.45) is 0. The second-order valence-corrected chi connectivity index (χ2v) is 13.2. The molecule has 0 aromatic heterocycles. The zero-order valence-corrected chi connectivity index (χ0v) is 23.5. The fourth-order valence-electron chi connectivity index (χ4n) is 2.14. The van der Waals surface area contributed by atoms with E-state index in [4.69, 9.17) is 113 Å². The Hall–Kier alpha value is 0.450. The largest absolute Gasteiger partial charge is 0.497 e. The summed E-state index contributed by atoms with van der Waals surface area (Å²) in [4.78, 5) is 0.247. The summed E-state index contributed by atoms with van der Waals surface area (Å²) in [6.45, 7) is -4.21. The third-order valence-corrected chi connectivity index (χ3v) is 10.0. The van der Waals surface area contributed by atoms with Crippen LogP contribution in [0.25, 0.3) is 0 Å². The highest BCUT2D eigenvalue weighted by atomic mass is 35.5. The number of hydrogen-bond donors (Lipinski definition) is 0. The molecule has 14 heteroatoms. The van der Waals surface area contributed by atoms with Crippen LogP contribution >= 0.6 is 123 Å². The fraction of sp³-hybridized carbons (Fsp3) is 0. The van der Waals surface area contributed by atoms with Crippen LogP contribution in [0.5, 0.6) is 11.5 Å². The molecule has 0 heterocycles. The van der Waals surface area contributed by atoms with Gasteiger partial charge in [0, 0.05) is 28.4 Å². The molecule has 0 aliphatic rings. The molecule has 0 atom stereocenters. The van der Waals surface area contributed by atoms with Crippen LogP contribution in [-0.2, 0) is 4.57 Å². The predicted octanol–water partition coefficient (Wildman–Crippen LogP) is 11.9. The Bertz CT molecular complexity index is 1100. The smallest absolute Gasteiger partial charge is 0.407 e. The molecular weight excluding hydrogens is 646 g/mol. The maximum atomic E-state index is 13.9. The van der Waals surface area contributed by atoms with Gasteiger partial charge in [-0.3, -0.25) is 0 Å². The summed E-state index contributed by atoms with van der Waals surface area (Å²) in [5.41, 5.74) is 0. The fourth-order valence-corrected chi connectivity index (χ4v) is 7.62. The van der Waals surface area contributed by atoms with Crippen molar-refractivity contribution in [1.82, 2.24) is 0 Å². The van der Waals surface area contributed by atoms with Gasteiger partial charge in [0.15, 0.2) is 11.5 Å². The van der Waals surface area contributed by atoms with Crippen LogP contribution in [-0.4, -0.2) is 0 Å². The topological polar surface area (TPSA) is 35.5 Å². The van der Waals surface area contributed by atoms with E-state index in [9.17, 15) is 4.57 Å². The van der Waals surface area contributed by atoms with Crippen molar-refractivity contribution < 1.29 is 13.6 Å². The molecule has 0 radical (unpaired) electrons. The summed E-state index contributed by atoms with van der Waals surface area (Å²) in [6, 6.07) is 8.02. The number of benzene rings is 3. The molecule has 0 unspecified atom stereocenters. The Labute approximate surface area is 232 Å². The van der Waals surface area contributed by atoms with E-state index in [1.54, 1.807) is 0 Å². The Morgan fingerprint density at radius 2 is 0.844 bits per heavy atom. The van der Waals surface area contributed by atoms with Gasteiger partial charge in [-0.1, -0.05) is 104 Å². The molecule has 0 saturated heterocycles. The van der Waals surface area contributed by atoms with Crippen LogP contribution in [0, 0.1) is 0 Å². The van der Waals surface area contributed by atoms with E-state index in [2.05, 4.69) is 0 Å². The predicted molar refractivity (Wildman–Crippen MR) is 139 cm³/mol. The summed E-state index contributed by atoms with van der Waals surface area (Å²) in [5.74, 6) is -0.131. The Balaban J connectivity index is 2.08. The van der Waals surface area contributed by atoms with E-state index < -0.39 is 6.80 Å². The lowest BCUT2D eigenvalue weighted by molar-refractivity contribution is 0.408. The van der Waals surface area contributed by atoms with Crippen LogP contribution in [0.3, 0.4) is 0 Å². The summed E-state index contributed by atoms with van der Waals surface area (Å²) in [5, 5.41) is 1.17. The zero-order valence-electron chi connectivity index (χ0n) is 14.9. The lowest BCUT2D eigenvalue weighted by atomic mass is 10.3. The van der Waals surface area contributed by atoms with Crippen LogP contribution in [0.1, 0.15) is 0 Å². The Morgan fingerprint density at radius 3 is 1.28 bits per heavy atom. The highest BCUT2D eigenvalue weighted by molar-refractivity contribution is 8.55. The molecule has 0 aliphatic heterocycles. The third kappa shape index (κ3) is 6.56. The zero-order chi connectivity index (χ0) is 23.8. The van der Waals surface area contributed by atoms with Gasteiger partial charge in [-0.15, -0.1) is 0 Å². The number of halogens is 9. The van der Waals surface area contributed by atoms with E-state index in [1.807, 2.05) is 0 Å². The van der Waals surface area contributed by atoms with Crippen LogP contribution in [0.4, 0.5) is 0 Å². The standard InChI is InChI=1S/C18H6Cl9O3PS/c19-7-1-13(25)16(4-10(7)22)29-31(28,30-17-5-11(23)8(20)2-14(17)26)32-18-6-12(24)9(21)3-15(18)27/h1-6H. The second-order valence-electron chi connectivity index (χ2n) is 5.81. The first-order chi connectivity index (χ1) is 14.9. The molecule has 0 amide bonds. The van der Waals surface area contributed by atoms with E-state index in [0.29, 0.717) is 11.4 Å². The van der Waals surface area contributed by atoms with Gasteiger partial charge in [-0.05, 0) is 24.3 Å². The maximum Gasteiger partial charge on any atom is 0.497 e. The second kappa shape index (κ2) is 11.0. The van der Waals surface area contributed by atoms with E-state index in [0.717, 1.165) is 0 Å². The SMILES string of the molecule is O=P(Oc1cc(Cl)c(Cl)cc1Cl)(Oc1cc(Cl)c(Cl)cc1Cl)Sc1cc(Cl)c(Cl)cc1Cl. The molecule has 0 bridgehead atoms. The average Bonchev–Trinajstić information content (AvgIpc) is 2.68. The van der Waals surface area contributed by atoms with E-state index >= 15 is 0 Å². The van der Waals surface area contributed by atoms with Crippen molar-refractivity contribution in [3.8, 4) is 11.5 Å². The molecule has 170 valence electrons. The monoisotopic (exact) mass is 648 g/mol. The van der Waals surface area contributed by atoms with E-state index in [-0.39, 0.29) is 61.6 Å². The summed E-state index contributed by atoms with van der Waals surface area (Å²) >= 11 is 55.3. The first-order valence-electron chi connectivity index (χ1n) is 8.01. The van der Waals surface area contributed by atoms with Crippen molar-refractivity contribution in [1.29, 1.82) is 0 Å². The number of rotatable bonds is 6. The molecule has 3 nitrogen and oxygen atoms in total. The van der Waals surface area contributed by atoms with Crippen molar-refractivity contribution in [3.63, 3.8) is 0 Å². The first-order valence-corrected chi connectivity index (χ1v) is 14.4. The Morgan fingerprint density at radius 1 is 0.500 bits per heavy atom. The summed E-state index contributed by atoms with van der Waals surface area (Å²) < 4.78 is 25.2. The summed E-state index contributed by atoms with van der Waals surface area (Å²) in [7, 11) is 0. The van der Waals surface area contributed by atoms with Crippen molar-refractivity contribution in [2.75, 3.05) is 0 Å². The average molecular weight is 652 g/mol. The minimum Gasteiger partial charge on any atom is -0.407 e. The van der Waals surface area contributed by atoms with Crippen LogP contribution in [0.15, 0.2) is 41.3 Å². The van der Waals surface area contributed by atoms with Crippen LogP contribution < -0.4 is 9.05 Å². The van der Waals surface area contributed by atoms with Gasteiger partial charge in [-0.25, -0.2) is 4.57 Å². The van der Waals surface area contributed by atoms with Gasteiger partial charge in [0.25, 0.3) is 0 Å². The van der Waals surface area contributed by atoms with Gasteiger partial charge in [-0.2, -0.15) is 0 Å². The number of hydrogen-bond acceptors (Lipinski definition) is 4. The highest BCUT2D eigenvalue weighted by Gasteiger charge is 2.34. The third-order valence-electron chi connectivity index (χ3n) is 3.55. The van der Waals surface area contributed by atoms with E-state index in [1.165, 1.54) is 36.4 Å². The Kier molecular flexibility index (Phi) is 9.31. The molecule has 0 spiro atoms. The minimum atomic E-state index is -4.21. The van der Waals surface area contributed by atoms with Gasteiger partial charge in [0.1, 0.15) is 0 Å². The molecule has 3 aromatic carbocycles. The normalized spacial score (nSPS) is 11.5. The van der Waals surface area contributed by atoms with Crippen molar-refractivity contribution >= 4 is 123 Å². The molecule has 32 heavy (non-hydrogen) atoms. The highest BCUT2D eigenvalue weighted by Crippen LogP contribution is 2.65. The molecule has 0 aliphatic carbocycles. The van der Waals surface area contributed by atoms with Crippen LogP contribution in [0.2, 0.25) is 45.2 Å². The lowest BCUT2D eigenvalue weighted by Gasteiger charge is -2.21. The lowest BCUT2D eigenvalue weighted by Crippen LogP contribution is -2.00. The molecule has 3 rings (SSSR count). The van der Waals surface area contributed by atoms with Gasteiger partial charge < -0.3 is 9.05 Å². The van der Waals surface area contributed by atoms with Gasteiger partial charge >= 0.3 is 6.80 Å².